The summed E-state index contributed by atoms with van der Waals surface area (Å²) in [5.74, 6) is -3.18. The molecule has 4 aliphatic rings. The molecule has 2 fully saturated rings. The molecule has 1 unspecified atom stereocenters. The van der Waals surface area contributed by atoms with E-state index >= 15 is 0 Å². The van der Waals surface area contributed by atoms with Crippen LogP contribution in [0, 0.1) is 11.8 Å². The number of hydrogen-bond acceptors (Lipinski definition) is 8. The third kappa shape index (κ3) is 3.37. The summed E-state index contributed by atoms with van der Waals surface area (Å²) in [5, 5.41) is 18.4. The van der Waals surface area contributed by atoms with Crippen molar-refractivity contribution in [2.45, 2.75) is 50.2 Å². The molecule has 2 aromatic rings. The molecule has 11 nitrogen and oxygen atoms in total. The van der Waals surface area contributed by atoms with Crippen molar-refractivity contribution in [3.63, 3.8) is 0 Å². The molecule has 1 N–H and O–H groups in total. The second kappa shape index (κ2) is 8.49. The highest BCUT2D eigenvalue weighted by Crippen LogP contribution is 2.57. The first-order valence-electron chi connectivity index (χ1n) is 12.5. The number of rotatable bonds is 4. The molecule has 6 rings (SSSR count). The van der Waals surface area contributed by atoms with Crippen LogP contribution in [0.5, 0.6) is 0 Å². The molecule has 4 aliphatic heterocycles. The number of likely N-dealkylation sites (tertiary alicyclic amines) is 1. The van der Waals surface area contributed by atoms with Gasteiger partial charge in [0.1, 0.15) is 29.7 Å². The van der Waals surface area contributed by atoms with Crippen LogP contribution in [0.15, 0.2) is 48.6 Å². The van der Waals surface area contributed by atoms with Gasteiger partial charge in [-0.05, 0) is 32.4 Å². The van der Waals surface area contributed by atoms with Crippen LogP contribution in [-0.2, 0) is 30.5 Å². The van der Waals surface area contributed by atoms with Gasteiger partial charge in [-0.2, -0.15) is 0 Å². The number of amides is 2. The minimum atomic E-state index is -1.40. The van der Waals surface area contributed by atoms with Gasteiger partial charge in [-0.25, -0.2) is 4.68 Å². The SMILES string of the molecule is C[C@H](CO)N1C(=O)[C@@H]2[C@H]3C(=O)OCCC=C[C@@]3(C)O[C@@]23C=CCN(Cn2nnc4ccccc42)C(=O)C13. The number of aliphatic hydroxyl groups is 1. The topological polar surface area (TPSA) is 127 Å². The maximum absolute atomic E-state index is 14.3. The second-order valence-corrected chi connectivity index (χ2v) is 10.3. The van der Waals surface area contributed by atoms with Gasteiger partial charge in [0.05, 0.1) is 36.3 Å². The second-order valence-electron chi connectivity index (χ2n) is 10.3. The van der Waals surface area contributed by atoms with Crippen LogP contribution in [0.4, 0.5) is 0 Å². The standard InChI is InChI=1S/C26H29N5O6/c1-16(14-32)31-21-23(34)29(15-30-18-9-4-3-8-17(18)27-28-30)12-7-11-26(21)19(22(31)33)20-24(35)36-13-6-5-10-25(20,2)37-26/h3-5,7-11,16,19-21,32H,6,12-15H2,1-2H3/t16-,19+,20+,21?,25-,26+/m1/s1. The normalized spacial score (nSPS) is 34.0. The van der Waals surface area contributed by atoms with E-state index in [-0.39, 0.29) is 32.3 Å². The molecule has 0 radical (unpaired) electrons. The number of carbonyl (C=O) groups is 3. The highest BCUT2D eigenvalue weighted by Gasteiger charge is 2.75. The Morgan fingerprint density at radius 2 is 1.95 bits per heavy atom. The molecular formula is C26H29N5O6. The van der Waals surface area contributed by atoms with Gasteiger partial charge >= 0.3 is 5.97 Å². The number of hydrogen-bond donors (Lipinski definition) is 1. The first kappa shape index (κ1) is 23.8. The van der Waals surface area contributed by atoms with Crippen molar-refractivity contribution < 1.29 is 29.0 Å². The number of benzene rings is 1. The molecule has 0 saturated carbocycles. The van der Waals surface area contributed by atoms with E-state index < -0.39 is 47.0 Å². The van der Waals surface area contributed by atoms with E-state index in [9.17, 15) is 19.5 Å². The molecule has 0 aliphatic carbocycles. The largest absolute Gasteiger partial charge is 0.465 e. The van der Waals surface area contributed by atoms with Crippen molar-refractivity contribution in [3.05, 3.63) is 48.6 Å². The maximum Gasteiger partial charge on any atom is 0.313 e. The Labute approximate surface area is 213 Å². The summed E-state index contributed by atoms with van der Waals surface area (Å²) in [6.45, 7) is 3.67. The van der Waals surface area contributed by atoms with E-state index in [2.05, 4.69) is 10.3 Å². The molecule has 5 heterocycles. The molecule has 11 heteroatoms. The number of cyclic esters (lactones) is 1. The zero-order valence-electron chi connectivity index (χ0n) is 20.7. The van der Waals surface area contributed by atoms with Gasteiger partial charge in [-0.1, -0.05) is 41.7 Å². The fourth-order valence-corrected chi connectivity index (χ4v) is 6.35. The molecule has 194 valence electrons. The highest BCUT2D eigenvalue weighted by atomic mass is 16.6. The van der Waals surface area contributed by atoms with Gasteiger partial charge in [0.15, 0.2) is 0 Å². The zero-order chi connectivity index (χ0) is 25.9. The summed E-state index contributed by atoms with van der Waals surface area (Å²) in [4.78, 5) is 44.5. The maximum atomic E-state index is 14.3. The van der Waals surface area contributed by atoms with Crippen LogP contribution >= 0.6 is 0 Å². The van der Waals surface area contributed by atoms with E-state index in [1.165, 1.54) is 4.90 Å². The monoisotopic (exact) mass is 507 g/mol. The number of aliphatic hydroxyl groups excluding tert-OH is 1. The van der Waals surface area contributed by atoms with Gasteiger partial charge in [0.2, 0.25) is 5.91 Å². The van der Waals surface area contributed by atoms with Crippen LogP contribution in [0.3, 0.4) is 0 Å². The van der Waals surface area contributed by atoms with Crippen molar-refractivity contribution in [2.75, 3.05) is 19.8 Å². The lowest BCUT2D eigenvalue weighted by Gasteiger charge is -2.39. The third-order valence-corrected chi connectivity index (χ3v) is 8.00. The Hall–Kier alpha value is -3.57. The average molecular weight is 508 g/mol. The minimum Gasteiger partial charge on any atom is -0.465 e. The number of nitrogens with zero attached hydrogens (tertiary/aromatic N) is 5. The summed E-state index contributed by atoms with van der Waals surface area (Å²) < 4.78 is 13.8. The van der Waals surface area contributed by atoms with Crippen LogP contribution in [0.25, 0.3) is 11.0 Å². The fourth-order valence-electron chi connectivity index (χ4n) is 6.35. The van der Waals surface area contributed by atoms with Crippen LogP contribution in [-0.4, -0.2) is 90.7 Å². The minimum absolute atomic E-state index is 0.110. The number of carbonyl (C=O) groups excluding carboxylic acids is 3. The molecule has 37 heavy (non-hydrogen) atoms. The number of ether oxygens (including phenoxy) is 2. The van der Waals surface area contributed by atoms with Gasteiger partial charge in [0, 0.05) is 6.54 Å². The lowest BCUT2D eigenvalue weighted by Crippen LogP contribution is -2.58. The molecule has 1 aromatic carbocycles. The van der Waals surface area contributed by atoms with Crippen LogP contribution in [0.2, 0.25) is 0 Å². The van der Waals surface area contributed by atoms with E-state index in [1.807, 2.05) is 42.5 Å². The van der Waals surface area contributed by atoms with Crippen molar-refractivity contribution in [3.8, 4) is 0 Å². The van der Waals surface area contributed by atoms with E-state index in [1.54, 1.807) is 29.5 Å². The lowest BCUT2D eigenvalue weighted by atomic mass is 9.74. The van der Waals surface area contributed by atoms with Gasteiger partial charge < -0.3 is 24.4 Å². The Kier molecular flexibility index (Phi) is 5.46. The quantitative estimate of drug-likeness (QED) is 0.472. The third-order valence-electron chi connectivity index (χ3n) is 8.00. The van der Waals surface area contributed by atoms with E-state index in [0.717, 1.165) is 5.52 Å². The summed E-state index contributed by atoms with van der Waals surface area (Å²) >= 11 is 0. The van der Waals surface area contributed by atoms with E-state index in [0.29, 0.717) is 11.9 Å². The van der Waals surface area contributed by atoms with Crippen LogP contribution in [0.1, 0.15) is 20.3 Å². The van der Waals surface area contributed by atoms with Gasteiger partial charge in [-0.3, -0.25) is 14.4 Å². The predicted molar refractivity (Wildman–Crippen MR) is 129 cm³/mol. The molecule has 6 atom stereocenters. The lowest BCUT2D eigenvalue weighted by molar-refractivity contribution is -0.162. The Morgan fingerprint density at radius 1 is 1.14 bits per heavy atom. The first-order chi connectivity index (χ1) is 17.8. The smallest absolute Gasteiger partial charge is 0.313 e. The molecule has 1 aromatic heterocycles. The van der Waals surface area contributed by atoms with Gasteiger partial charge in [0.25, 0.3) is 5.91 Å². The Balaban J connectivity index is 1.44. The predicted octanol–water partition coefficient (Wildman–Crippen LogP) is 0.642. The summed E-state index contributed by atoms with van der Waals surface area (Å²) in [5.41, 5.74) is -1.05. The molecule has 2 saturated heterocycles. The first-order valence-corrected chi connectivity index (χ1v) is 12.5. The summed E-state index contributed by atoms with van der Waals surface area (Å²) in [6, 6.07) is 5.71. The number of fused-ring (bicyclic) bond motifs is 3. The Morgan fingerprint density at radius 3 is 2.76 bits per heavy atom. The van der Waals surface area contributed by atoms with Crippen molar-refractivity contribution in [2.24, 2.45) is 11.8 Å². The molecule has 1 spiro atoms. The van der Waals surface area contributed by atoms with Crippen molar-refractivity contribution >= 4 is 28.8 Å². The number of para-hydroxylation sites is 1. The molecule has 0 bridgehead atoms. The van der Waals surface area contributed by atoms with E-state index in [4.69, 9.17) is 9.47 Å². The Bertz CT molecular complexity index is 1340. The molecular weight excluding hydrogens is 478 g/mol. The van der Waals surface area contributed by atoms with Gasteiger partial charge in [-0.15, -0.1) is 5.10 Å². The summed E-state index contributed by atoms with van der Waals surface area (Å²) in [7, 11) is 0. The fraction of sp³-hybridized carbons (Fsp3) is 0.500. The van der Waals surface area contributed by atoms with Crippen LogP contribution < -0.4 is 0 Å². The highest BCUT2D eigenvalue weighted by molar-refractivity contribution is 5.99. The number of aromatic nitrogens is 3. The zero-order valence-corrected chi connectivity index (χ0v) is 20.7. The van der Waals surface area contributed by atoms with Crippen molar-refractivity contribution in [1.82, 2.24) is 24.8 Å². The van der Waals surface area contributed by atoms with Crippen molar-refractivity contribution in [1.29, 1.82) is 0 Å². The molecule has 2 amide bonds. The summed E-state index contributed by atoms with van der Waals surface area (Å²) in [6.07, 6.45) is 7.81. The number of esters is 1. The average Bonchev–Trinajstić information content (AvgIpc) is 3.44.